The first-order valence-electron chi connectivity index (χ1n) is 10.7. The number of fused-ring (bicyclic) bond motifs is 1. The third-order valence-corrected chi connectivity index (χ3v) is 5.97. The van der Waals surface area contributed by atoms with Gasteiger partial charge in [-0.1, -0.05) is 12.1 Å². The predicted octanol–water partition coefficient (Wildman–Crippen LogP) is 2.28. The Morgan fingerprint density at radius 2 is 2.03 bits per heavy atom. The van der Waals surface area contributed by atoms with Crippen LogP contribution in [-0.2, 0) is 16.0 Å². The van der Waals surface area contributed by atoms with Crippen LogP contribution in [0.4, 0.5) is 5.69 Å². The van der Waals surface area contributed by atoms with Crippen LogP contribution in [0.1, 0.15) is 48.7 Å². The number of carbonyl (C=O) groups is 3. The lowest BCUT2D eigenvalue weighted by Crippen LogP contribution is -2.58. The van der Waals surface area contributed by atoms with Crippen molar-refractivity contribution in [2.24, 2.45) is 0 Å². The highest BCUT2D eigenvalue weighted by Gasteiger charge is 2.40. The molecule has 164 valence electrons. The maximum absolute atomic E-state index is 12.7. The maximum Gasteiger partial charge on any atom is 0.255 e. The van der Waals surface area contributed by atoms with E-state index >= 15 is 0 Å². The van der Waals surface area contributed by atoms with Crippen molar-refractivity contribution in [3.8, 4) is 0 Å². The highest BCUT2D eigenvalue weighted by atomic mass is 16.3. The van der Waals surface area contributed by atoms with E-state index in [-0.39, 0.29) is 36.7 Å². The molecule has 3 N–H and O–H groups in total. The van der Waals surface area contributed by atoms with Gasteiger partial charge in [0.05, 0.1) is 18.4 Å². The average Bonchev–Trinajstić information content (AvgIpc) is 3.23. The van der Waals surface area contributed by atoms with Gasteiger partial charge in [0.15, 0.2) is 0 Å². The Balaban J connectivity index is 1.32. The fraction of sp³-hybridized carbons (Fsp3) is 0.435. The van der Waals surface area contributed by atoms with Gasteiger partial charge < -0.3 is 25.3 Å². The van der Waals surface area contributed by atoms with E-state index in [9.17, 15) is 14.4 Å². The molecule has 1 fully saturated rings. The average molecular weight is 425 g/mol. The molecule has 31 heavy (non-hydrogen) atoms. The van der Waals surface area contributed by atoms with E-state index in [4.69, 9.17) is 4.42 Å². The van der Waals surface area contributed by atoms with Gasteiger partial charge in [0, 0.05) is 37.5 Å². The molecule has 4 rings (SSSR count). The van der Waals surface area contributed by atoms with E-state index in [1.807, 2.05) is 37.3 Å². The van der Waals surface area contributed by atoms with Crippen LogP contribution in [-0.4, -0.2) is 47.4 Å². The number of rotatable bonds is 6. The molecule has 2 aliphatic heterocycles. The second kappa shape index (κ2) is 8.83. The molecule has 1 aromatic carbocycles. The molecule has 2 atom stereocenters. The van der Waals surface area contributed by atoms with Crippen molar-refractivity contribution in [2.45, 2.75) is 50.7 Å². The first-order valence-corrected chi connectivity index (χ1v) is 10.7. The minimum absolute atomic E-state index is 0.0184. The van der Waals surface area contributed by atoms with E-state index in [0.29, 0.717) is 24.9 Å². The van der Waals surface area contributed by atoms with Crippen LogP contribution in [0.25, 0.3) is 0 Å². The molecule has 3 heterocycles. The molecule has 8 nitrogen and oxygen atoms in total. The molecule has 0 aliphatic carbocycles. The highest BCUT2D eigenvalue weighted by molar-refractivity contribution is 6.02. The number of furan rings is 1. The Morgan fingerprint density at radius 3 is 2.84 bits per heavy atom. The van der Waals surface area contributed by atoms with Crippen molar-refractivity contribution in [1.82, 2.24) is 15.5 Å². The zero-order valence-corrected chi connectivity index (χ0v) is 17.6. The Hall–Kier alpha value is -3.29. The zero-order chi connectivity index (χ0) is 21.8. The van der Waals surface area contributed by atoms with E-state index in [1.54, 1.807) is 17.2 Å². The number of anilines is 1. The number of para-hydroxylation sites is 1. The molecule has 2 aliphatic rings. The van der Waals surface area contributed by atoms with Crippen molar-refractivity contribution in [2.75, 3.05) is 18.4 Å². The van der Waals surface area contributed by atoms with Crippen molar-refractivity contribution in [1.29, 1.82) is 0 Å². The largest absolute Gasteiger partial charge is 0.469 e. The molecule has 8 heteroatoms. The summed E-state index contributed by atoms with van der Waals surface area (Å²) in [7, 11) is 0. The molecule has 2 aromatic rings. The molecule has 1 spiro atoms. The number of amides is 3. The van der Waals surface area contributed by atoms with Gasteiger partial charge in [0.1, 0.15) is 11.4 Å². The van der Waals surface area contributed by atoms with Crippen molar-refractivity contribution >= 4 is 23.4 Å². The summed E-state index contributed by atoms with van der Waals surface area (Å²) < 4.78 is 5.32. The number of nitrogens with one attached hydrogen (secondary N) is 3. The van der Waals surface area contributed by atoms with Crippen molar-refractivity contribution in [3.63, 3.8) is 0 Å². The summed E-state index contributed by atoms with van der Waals surface area (Å²) in [6.07, 6.45) is 4.40. The lowest BCUT2D eigenvalue weighted by Gasteiger charge is -2.39. The van der Waals surface area contributed by atoms with Crippen molar-refractivity contribution < 1.29 is 18.8 Å². The number of hydrogen-bond acceptors (Lipinski definition) is 5. The first-order chi connectivity index (χ1) is 14.9. The quantitative estimate of drug-likeness (QED) is 0.660. The van der Waals surface area contributed by atoms with Crippen molar-refractivity contribution in [3.05, 3.63) is 54.0 Å². The summed E-state index contributed by atoms with van der Waals surface area (Å²) in [6, 6.07) is 11.1. The predicted molar refractivity (Wildman–Crippen MR) is 115 cm³/mol. The van der Waals surface area contributed by atoms with Crippen LogP contribution in [0, 0.1) is 0 Å². The van der Waals surface area contributed by atoms with Crippen LogP contribution >= 0.6 is 0 Å². The Bertz CT molecular complexity index is 958. The number of likely N-dealkylation sites (tertiary alicyclic amines) is 1. The van der Waals surface area contributed by atoms with Gasteiger partial charge >= 0.3 is 0 Å². The second-order valence-electron chi connectivity index (χ2n) is 8.36. The minimum Gasteiger partial charge on any atom is -0.469 e. The molecule has 1 aromatic heterocycles. The summed E-state index contributed by atoms with van der Waals surface area (Å²) >= 11 is 0. The number of nitrogens with zero attached hydrogens (tertiary/aromatic N) is 1. The Kier molecular flexibility index (Phi) is 5.97. The third kappa shape index (κ3) is 4.90. The zero-order valence-electron chi connectivity index (χ0n) is 17.6. The molecular weight excluding hydrogens is 396 g/mol. The number of carbonyl (C=O) groups excluding carboxylic acids is 3. The van der Waals surface area contributed by atoms with Gasteiger partial charge in [-0.15, -0.1) is 0 Å². The lowest BCUT2D eigenvalue weighted by molar-refractivity contribution is -0.135. The van der Waals surface area contributed by atoms with Crippen LogP contribution in [0.3, 0.4) is 0 Å². The number of hydrogen-bond donors (Lipinski definition) is 3. The highest BCUT2D eigenvalue weighted by Crippen LogP contribution is 2.31. The summed E-state index contributed by atoms with van der Waals surface area (Å²) in [6.45, 7) is 2.35. The lowest BCUT2D eigenvalue weighted by atomic mass is 9.95. The van der Waals surface area contributed by atoms with Crippen LogP contribution < -0.4 is 16.0 Å². The monoisotopic (exact) mass is 424 g/mol. The van der Waals surface area contributed by atoms with Gasteiger partial charge in [-0.05, 0) is 44.0 Å². The van der Waals surface area contributed by atoms with Crippen LogP contribution in [0.15, 0.2) is 47.1 Å². The Morgan fingerprint density at radius 1 is 1.19 bits per heavy atom. The molecule has 2 unspecified atom stereocenters. The van der Waals surface area contributed by atoms with Gasteiger partial charge in [-0.25, -0.2) is 0 Å². The van der Waals surface area contributed by atoms with E-state index in [1.165, 1.54) is 0 Å². The molecule has 0 radical (unpaired) electrons. The molecule has 1 saturated heterocycles. The molecule has 0 bridgehead atoms. The summed E-state index contributed by atoms with van der Waals surface area (Å²) in [4.78, 5) is 39.3. The second-order valence-corrected chi connectivity index (χ2v) is 8.36. The van der Waals surface area contributed by atoms with Gasteiger partial charge in [-0.3, -0.25) is 14.4 Å². The van der Waals surface area contributed by atoms with Gasteiger partial charge in [-0.2, -0.15) is 0 Å². The third-order valence-electron chi connectivity index (χ3n) is 5.97. The summed E-state index contributed by atoms with van der Waals surface area (Å²) in [5, 5.41) is 9.43. The van der Waals surface area contributed by atoms with E-state index < -0.39 is 5.66 Å². The van der Waals surface area contributed by atoms with Crippen LogP contribution in [0.5, 0.6) is 0 Å². The normalized spacial score (nSPS) is 21.6. The first kappa shape index (κ1) is 21.0. The summed E-state index contributed by atoms with van der Waals surface area (Å²) in [5.41, 5.74) is 0.696. The standard InChI is InChI=1S/C23H28N4O4/c1-16(8-9-17-5-4-14-31-17)24-20(28)15-27-13-12-23(11-10-21(27)29)25-19-7-3-2-6-18(19)22(30)26-23/h2-7,14,16,25H,8-13,15H2,1H3,(H,24,28)(H,26,30). The number of benzene rings is 1. The van der Waals surface area contributed by atoms with Gasteiger partial charge in [0.2, 0.25) is 11.8 Å². The molecular formula is C23H28N4O4. The minimum atomic E-state index is -0.678. The van der Waals surface area contributed by atoms with E-state index in [2.05, 4.69) is 16.0 Å². The van der Waals surface area contributed by atoms with Gasteiger partial charge in [0.25, 0.3) is 5.91 Å². The number of aryl methyl sites for hydroxylation is 1. The Labute approximate surface area is 181 Å². The van der Waals surface area contributed by atoms with E-state index in [0.717, 1.165) is 24.3 Å². The fourth-order valence-electron chi connectivity index (χ4n) is 4.21. The topological polar surface area (TPSA) is 104 Å². The molecule has 0 saturated carbocycles. The smallest absolute Gasteiger partial charge is 0.255 e. The van der Waals surface area contributed by atoms with Crippen LogP contribution in [0.2, 0.25) is 0 Å². The fourth-order valence-corrected chi connectivity index (χ4v) is 4.21. The molecule has 3 amide bonds. The summed E-state index contributed by atoms with van der Waals surface area (Å²) in [5.74, 6) is 0.489. The SMILES string of the molecule is CC(CCc1ccco1)NC(=O)CN1CCC2(CCC1=O)NC(=O)c1ccccc1N2. The maximum atomic E-state index is 12.7.